The van der Waals surface area contributed by atoms with Crippen LogP contribution >= 0.6 is 0 Å². The maximum absolute atomic E-state index is 13.2. The molecule has 2 N–H and O–H groups in total. The average molecular weight is 437 g/mol. The number of anilines is 3. The van der Waals surface area contributed by atoms with Crippen molar-refractivity contribution in [2.75, 3.05) is 48.4 Å². The lowest BCUT2D eigenvalue weighted by Gasteiger charge is -2.41. The van der Waals surface area contributed by atoms with Crippen molar-refractivity contribution in [2.24, 2.45) is 7.05 Å². The summed E-state index contributed by atoms with van der Waals surface area (Å²) in [5, 5.41) is 15.2. The number of nitrogens with zero attached hydrogens (tertiary/aromatic N) is 6. The fourth-order valence-electron chi connectivity index (χ4n) is 4.62. The Labute approximate surface area is 186 Å². The lowest BCUT2D eigenvalue weighted by atomic mass is 10.0. The molecule has 0 atom stereocenters. The molecule has 2 aromatic heterocycles. The molecular formula is C22H28N8O2. The number of ether oxygens (including phenoxy) is 1. The monoisotopic (exact) mass is 436 g/mol. The number of urea groups is 1. The van der Waals surface area contributed by atoms with E-state index in [0.29, 0.717) is 29.0 Å². The molecule has 2 aliphatic heterocycles. The maximum Gasteiger partial charge on any atom is 0.327 e. The summed E-state index contributed by atoms with van der Waals surface area (Å²) in [7, 11) is 3.33. The van der Waals surface area contributed by atoms with Gasteiger partial charge in [0.05, 0.1) is 12.8 Å². The summed E-state index contributed by atoms with van der Waals surface area (Å²) in [5.74, 6) is 1.26. The van der Waals surface area contributed by atoms with Crippen molar-refractivity contribution in [3.05, 3.63) is 30.0 Å². The fraction of sp³-hybridized carbons (Fsp3) is 0.455. The molecule has 0 radical (unpaired) electrons. The molecule has 168 valence electrons. The average Bonchev–Trinajstić information content (AvgIpc) is 3.34. The summed E-state index contributed by atoms with van der Waals surface area (Å²) in [6.45, 7) is 7.77. The number of piperazine rings is 1. The molecule has 1 fully saturated rings. The molecule has 32 heavy (non-hydrogen) atoms. The number of benzene rings is 1. The molecule has 0 bridgehead atoms. The maximum atomic E-state index is 13.2. The topological polar surface area (TPSA) is 100 Å². The number of aromatic nitrogens is 4. The van der Waals surface area contributed by atoms with E-state index in [0.717, 1.165) is 37.4 Å². The first-order chi connectivity index (χ1) is 15.3. The number of fused-ring (bicyclic) bond motifs is 2. The number of nitrogens with one attached hydrogen (secondary N) is 2. The van der Waals surface area contributed by atoms with Gasteiger partial charge in [-0.2, -0.15) is 15.0 Å². The van der Waals surface area contributed by atoms with Gasteiger partial charge in [0.25, 0.3) is 0 Å². The van der Waals surface area contributed by atoms with E-state index in [1.54, 1.807) is 37.4 Å². The van der Waals surface area contributed by atoms with Crippen molar-refractivity contribution in [3.63, 3.8) is 0 Å². The Morgan fingerprint density at radius 2 is 2.00 bits per heavy atom. The number of hydrogen-bond donors (Lipinski definition) is 2. The van der Waals surface area contributed by atoms with E-state index in [4.69, 9.17) is 4.74 Å². The molecule has 10 heteroatoms. The van der Waals surface area contributed by atoms with E-state index in [2.05, 4.69) is 50.6 Å². The van der Waals surface area contributed by atoms with Gasteiger partial charge < -0.3 is 20.3 Å². The molecule has 5 rings (SSSR count). The molecule has 0 saturated carbocycles. The van der Waals surface area contributed by atoms with Crippen LogP contribution in [0, 0.1) is 0 Å². The van der Waals surface area contributed by atoms with Crippen molar-refractivity contribution in [2.45, 2.75) is 25.8 Å². The normalized spacial score (nSPS) is 17.5. The highest BCUT2D eigenvalue weighted by molar-refractivity contribution is 6.04. The minimum Gasteiger partial charge on any atom is -0.494 e. The van der Waals surface area contributed by atoms with Gasteiger partial charge in [-0.15, -0.1) is 0 Å². The minimum atomic E-state index is -0.240. The highest BCUT2D eigenvalue weighted by Crippen LogP contribution is 2.36. The Kier molecular flexibility index (Phi) is 4.89. The second-order valence-electron chi connectivity index (χ2n) is 8.93. The van der Waals surface area contributed by atoms with E-state index < -0.39 is 0 Å². The second kappa shape index (κ2) is 7.63. The number of amides is 2. The van der Waals surface area contributed by atoms with Crippen LogP contribution < -0.4 is 25.2 Å². The zero-order valence-corrected chi connectivity index (χ0v) is 18.8. The molecule has 4 heterocycles. The molecule has 10 nitrogen and oxygen atoms in total. The Bertz CT molecular complexity index is 1190. The number of carbonyl (C=O) groups is 1. The van der Waals surface area contributed by atoms with E-state index in [1.165, 1.54) is 10.5 Å². The zero-order valence-electron chi connectivity index (χ0n) is 18.8. The predicted octanol–water partition coefficient (Wildman–Crippen LogP) is 2.15. The van der Waals surface area contributed by atoms with Gasteiger partial charge in [0.15, 0.2) is 0 Å². The van der Waals surface area contributed by atoms with Crippen molar-refractivity contribution in [3.8, 4) is 5.75 Å². The van der Waals surface area contributed by atoms with Crippen LogP contribution in [0.2, 0.25) is 0 Å². The largest absolute Gasteiger partial charge is 0.494 e. The van der Waals surface area contributed by atoms with Crippen LogP contribution in [-0.4, -0.2) is 64.8 Å². The molecule has 0 unspecified atom stereocenters. The number of pyridine rings is 1. The Balaban J connectivity index is 1.41. The summed E-state index contributed by atoms with van der Waals surface area (Å²) >= 11 is 0. The molecule has 1 aromatic carbocycles. The van der Waals surface area contributed by atoms with E-state index in [9.17, 15) is 4.79 Å². The quantitative estimate of drug-likeness (QED) is 0.649. The third kappa shape index (κ3) is 3.60. The van der Waals surface area contributed by atoms with Gasteiger partial charge in [0.1, 0.15) is 22.6 Å². The van der Waals surface area contributed by atoms with Crippen LogP contribution in [0.4, 0.5) is 22.0 Å². The zero-order chi connectivity index (χ0) is 22.5. The highest BCUT2D eigenvalue weighted by Gasteiger charge is 2.33. The van der Waals surface area contributed by atoms with Crippen molar-refractivity contribution in [1.29, 1.82) is 0 Å². The van der Waals surface area contributed by atoms with Gasteiger partial charge in [-0.25, -0.2) is 9.78 Å². The Morgan fingerprint density at radius 3 is 2.75 bits per heavy atom. The summed E-state index contributed by atoms with van der Waals surface area (Å²) in [6, 6.07) is 5.38. The van der Waals surface area contributed by atoms with Crippen molar-refractivity contribution in [1.82, 2.24) is 25.3 Å². The summed E-state index contributed by atoms with van der Waals surface area (Å²) < 4.78 is 5.48. The molecule has 0 spiro atoms. The van der Waals surface area contributed by atoms with Crippen LogP contribution in [-0.2, 0) is 13.5 Å². The van der Waals surface area contributed by atoms with Gasteiger partial charge in [0.2, 0.25) is 0 Å². The predicted molar refractivity (Wildman–Crippen MR) is 124 cm³/mol. The van der Waals surface area contributed by atoms with Crippen LogP contribution in [0.15, 0.2) is 24.4 Å². The molecule has 0 aliphatic carbocycles. The molecule has 2 aliphatic rings. The number of rotatable bonds is 3. The molecule has 2 amide bonds. The van der Waals surface area contributed by atoms with Gasteiger partial charge in [-0.3, -0.25) is 4.90 Å². The number of aryl methyl sites for hydroxylation is 1. The van der Waals surface area contributed by atoms with Gasteiger partial charge in [0, 0.05) is 62.3 Å². The lowest BCUT2D eigenvalue weighted by Crippen LogP contribution is -2.57. The smallest absolute Gasteiger partial charge is 0.327 e. The lowest BCUT2D eigenvalue weighted by molar-refractivity contribution is 0.257. The second-order valence-corrected chi connectivity index (χ2v) is 8.93. The Morgan fingerprint density at radius 1 is 1.22 bits per heavy atom. The number of methoxy groups -OCH3 is 1. The van der Waals surface area contributed by atoms with Gasteiger partial charge >= 0.3 is 6.03 Å². The minimum absolute atomic E-state index is 0.0413. The van der Waals surface area contributed by atoms with Gasteiger partial charge in [-0.05, 0) is 32.4 Å². The highest BCUT2D eigenvalue weighted by atomic mass is 16.5. The van der Waals surface area contributed by atoms with E-state index in [-0.39, 0.29) is 11.6 Å². The molecule has 1 saturated heterocycles. The number of hydrogen-bond acceptors (Lipinski definition) is 7. The SMILES string of the molecule is COc1cc2nn(C)nc2cc1NC(=O)N1CCc2c(N3CCNC(C)(C)C3)ccnc21. The first-order valence-electron chi connectivity index (χ1n) is 10.8. The van der Waals surface area contributed by atoms with Crippen LogP contribution in [0.1, 0.15) is 19.4 Å². The van der Waals surface area contributed by atoms with E-state index in [1.807, 2.05) is 0 Å². The fourth-order valence-corrected chi connectivity index (χ4v) is 4.62. The van der Waals surface area contributed by atoms with Crippen LogP contribution in [0.5, 0.6) is 5.75 Å². The molecule has 3 aromatic rings. The van der Waals surface area contributed by atoms with Crippen LogP contribution in [0.3, 0.4) is 0 Å². The van der Waals surface area contributed by atoms with Crippen molar-refractivity contribution >= 4 is 34.3 Å². The third-order valence-corrected chi connectivity index (χ3v) is 6.05. The number of carbonyl (C=O) groups excluding carboxylic acids is 1. The summed E-state index contributed by atoms with van der Waals surface area (Å²) in [5.41, 5.74) is 4.28. The van der Waals surface area contributed by atoms with Gasteiger partial charge in [-0.1, -0.05) is 0 Å². The summed E-state index contributed by atoms with van der Waals surface area (Å²) in [4.78, 5) is 23.4. The third-order valence-electron chi connectivity index (χ3n) is 6.05. The first kappa shape index (κ1) is 20.5. The summed E-state index contributed by atoms with van der Waals surface area (Å²) in [6.07, 6.45) is 2.57. The van der Waals surface area contributed by atoms with E-state index >= 15 is 0 Å². The standard InChI is InChI=1S/C22H28N8O2/c1-22(2)13-29(10-8-24-22)18-5-7-23-20-14(18)6-9-30(20)21(31)25-17-11-15-16(12-19(17)32-4)27-28(3)26-15/h5,7,11-12,24H,6,8-10,13H2,1-4H3,(H,25,31). The first-order valence-corrected chi connectivity index (χ1v) is 10.8. The van der Waals surface area contributed by atoms with Crippen molar-refractivity contribution < 1.29 is 9.53 Å². The molecular weight excluding hydrogens is 408 g/mol. The Hall–Kier alpha value is -3.40. The van der Waals surface area contributed by atoms with Crippen LogP contribution in [0.25, 0.3) is 11.0 Å².